The van der Waals surface area contributed by atoms with E-state index in [0.29, 0.717) is 0 Å². The summed E-state index contributed by atoms with van der Waals surface area (Å²) in [4.78, 5) is 1.41. The van der Waals surface area contributed by atoms with Gasteiger partial charge in [0.25, 0.3) is 0 Å². The van der Waals surface area contributed by atoms with Crippen molar-refractivity contribution < 1.29 is 4.74 Å². The zero-order valence-electron chi connectivity index (χ0n) is 9.28. The van der Waals surface area contributed by atoms with Gasteiger partial charge in [0.15, 0.2) is 0 Å². The van der Waals surface area contributed by atoms with E-state index in [1.807, 2.05) is 0 Å². The summed E-state index contributed by atoms with van der Waals surface area (Å²) in [6, 6.07) is 4.25. The molecule has 0 spiro atoms. The second-order valence-corrected chi connectivity index (χ2v) is 4.68. The van der Waals surface area contributed by atoms with Gasteiger partial charge in [0.2, 0.25) is 0 Å². The summed E-state index contributed by atoms with van der Waals surface area (Å²) in [6.07, 6.45) is 5.86. The van der Waals surface area contributed by atoms with Crippen LogP contribution < -0.4 is 5.73 Å². The Labute approximate surface area is 96.4 Å². The van der Waals surface area contributed by atoms with E-state index in [0.717, 1.165) is 32.6 Å². The van der Waals surface area contributed by atoms with Crippen molar-refractivity contribution in [1.29, 1.82) is 0 Å². The number of nitrogens with two attached hydrogens (primary N) is 1. The van der Waals surface area contributed by atoms with E-state index < -0.39 is 0 Å². The quantitative estimate of drug-likeness (QED) is 0.658. The first kappa shape index (κ1) is 12.7. The molecule has 0 unspecified atom stereocenters. The first-order valence-corrected chi connectivity index (χ1v) is 6.61. The molecule has 1 heterocycles. The van der Waals surface area contributed by atoms with Crippen molar-refractivity contribution in [3.8, 4) is 0 Å². The van der Waals surface area contributed by atoms with Crippen LogP contribution in [0.15, 0.2) is 17.5 Å². The summed E-state index contributed by atoms with van der Waals surface area (Å²) >= 11 is 1.80. The highest BCUT2D eigenvalue weighted by atomic mass is 32.1. The van der Waals surface area contributed by atoms with Crippen LogP contribution in [0.2, 0.25) is 0 Å². The van der Waals surface area contributed by atoms with Crippen molar-refractivity contribution in [2.75, 3.05) is 19.8 Å². The minimum absolute atomic E-state index is 0.819. The first-order chi connectivity index (χ1) is 7.43. The van der Waals surface area contributed by atoms with Crippen LogP contribution in [0.1, 0.15) is 30.6 Å². The van der Waals surface area contributed by atoms with Crippen LogP contribution >= 0.6 is 11.3 Å². The zero-order valence-corrected chi connectivity index (χ0v) is 10.1. The number of ether oxygens (including phenoxy) is 1. The summed E-state index contributed by atoms with van der Waals surface area (Å²) in [5.74, 6) is 0. The molecule has 0 aliphatic rings. The summed E-state index contributed by atoms with van der Waals surface area (Å²) in [6.45, 7) is 2.58. The lowest BCUT2D eigenvalue weighted by Crippen LogP contribution is -2.01. The van der Waals surface area contributed by atoms with Crippen LogP contribution in [0.25, 0.3) is 0 Å². The van der Waals surface area contributed by atoms with Crippen molar-refractivity contribution in [3.05, 3.63) is 22.4 Å². The predicted octanol–water partition coefficient (Wildman–Crippen LogP) is 2.83. The van der Waals surface area contributed by atoms with Gasteiger partial charge in [-0.25, -0.2) is 0 Å². The van der Waals surface area contributed by atoms with Crippen LogP contribution in [0.5, 0.6) is 0 Å². The average molecular weight is 227 g/mol. The average Bonchev–Trinajstić information content (AvgIpc) is 2.75. The van der Waals surface area contributed by atoms with Crippen LogP contribution in [-0.4, -0.2) is 19.8 Å². The molecule has 2 nitrogen and oxygen atoms in total. The van der Waals surface area contributed by atoms with Gasteiger partial charge in [-0.3, -0.25) is 0 Å². The molecule has 0 saturated heterocycles. The number of hydrogen-bond donors (Lipinski definition) is 1. The molecule has 0 atom stereocenters. The van der Waals surface area contributed by atoms with E-state index in [9.17, 15) is 0 Å². The minimum atomic E-state index is 0.819. The van der Waals surface area contributed by atoms with Gasteiger partial charge in [0, 0.05) is 17.9 Å². The Bertz CT molecular complexity index is 224. The molecule has 1 rings (SSSR count). The topological polar surface area (TPSA) is 35.2 Å². The van der Waals surface area contributed by atoms with Crippen molar-refractivity contribution in [2.45, 2.75) is 32.1 Å². The molecule has 0 fully saturated rings. The third-order valence-corrected chi connectivity index (χ3v) is 3.25. The monoisotopic (exact) mass is 227 g/mol. The standard InChI is InChI=1S/C12H21NOS/c13-8-3-1-2-4-9-14-10-7-12-6-5-11-15-12/h5-6,11H,1-4,7-10,13H2. The molecule has 0 radical (unpaired) electrons. The van der Waals surface area contributed by atoms with Crippen molar-refractivity contribution in [1.82, 2.24) is 0 Å². The smallest absolute Gasteiger partial charge is 0.0514 e. The van der Waals surface area contributed by atoms with Crippen molar-refractivity contribution in [3.63, 3.8) is 0 Å². The van der Waals surface area contributed by atoms with E-state index in [2.05, 4.69) is 17.5 Å². The van der Waals surface area contributed by atoms with Gasteiger partial charge < -0.3 is 10.5 Å². The fourth-order valence-electron chi connectivity index (χ4n) is 1.43. The van der Waals surface area contributed by atoms with Gasteiger partial charge in [0.05, 0.1) is 6.61 Å². The molecule has 0 aromatic carbocycles. The normalized spacial score (nSPS) is 10.7. The van der Waals surface area contributed by atoms with Gasteiger partial charge in [-0.2, -0.15) is 0 Å². The third-order valence-electron chi connectivity index (χ3n) is 2.32. The Kier molecular flexibility index (Phi) is 7.52. The SMILES string of the molecule is NCCCCCCOCCc1cccs1. The fourth-order valence-corrected chi connectivity index (χ4v) is 2.12. The highest BCUT2D eigenvalue weighted by molar-refractivity contribution is 7.09. The summed E-state index contributed by atoms with van der Waals surface area (Å²) in [5.41, 5.74) is 5.42. The van der Waals surface area contributed by atoms with E-state index in [1.54, 1.807) is 11.3 Å². The van der Waals surface area contributed by atoms with E-state index in [-0.39, 0.29) is 0 Å². The van der Waals surface area contributed by atoms with Crippen LogP contribution in [0.4, 0.5) is 0 Å². The second kappa shape index (κ2) is 8.89. The number of thiophene rings is 1. The Balaban J connectivity index is 1.81. The number of rotatable bonds is 9. The number of hydrogen-bond acceptors (Lipinski definition) is 3. The molecule has 0 aliphatic heterocycles. The molecule has 2 N–H and O–H groups in total. The molecular weight excluding hydrogens is 206 g/mol. The van der Waals surface area contributed by atoms with E-state index >= 15 is 0 Å². The van der Waals surface area contributed by atoms with E-state index in [4.69, 9.17) is 10.5 Å². The van der Waals surface area contributed by atoms with Gasteiger partial charge >= 0.3 is 0 Å². The molecule has 0 saturated carbocycles. The Morgan fingerprint density at radius 1 is 1.13 bits per heavy atom. The number of unbranched alkanes of at least 4 members (excludes halogenated alkanes) is 3. The second-order valence-electron chi connectivity index (χ2n) is 3.64. The summed E-state index contributed by atoms with van der Waals surface area (Å²) in [7, 11) is 0. The van der Waals surface area contributed by atoms with Crippen molar-refractivity contribution in [2.24, 2.45) is 5.73 Å². The Morgan fingerprint density at radius 2 is 2.00 bits per heavy atom. The van der Waals surface area contributed by atoms with Gasteiger partial charge in [-0.05, 0) is 30.8 Å². The summed E-state index contributed by atoms with van der Waals surface area (Å²) < 4.78 is 5.56. The molecule has 3 heteroatoms. The highest BCUT2D eigenvalue weighted by Gasteiger charge is 1.94. The maximum atomic E-state index is 5.56. The Morgan fingerprint density at radius 3 is 2.73 bits per heavy atom. The molecule has 0 amide bonds. The first-order valence-electron chi connectivity index (χ1n) is 5.73. The lowest BCUT2D eigenvalue weighted by Gasteiger charge is -2.02. The van der Waals surface area contributed by atoms with Gasteiger partial charge in [0.1, 0.15) is 0 Å². The molecule has 86 valence electrons. The third kappa shape index (κ3) is 6.66. The molecular formula is C12H21NOS. The maximum Gasteiger partial charge on any atom is 0.0514 e. The molecule has 1 aromatic heterocycles. The van der Waals surface area contributed by atoms with Crippen LogP contribution in [0, 0.1) is 0 Å². The zero-order chi connectivity index (χ0) is 10.8. The lowest BCUT2D eigenvalue weighted by molar-refractivity contribution is 0.133. The predicted molar refractivity (Wildman–Crippen MR) is 66.4 cm³/mol. The van der Waals surface area contributed by atoms with Gasteiger partial charge in [-0.1, -0.05) is 18.9 Å². The Hall–Kier alpha value is -0.380. The molecule has 15 heavy (non-hydrogen) atoms. The van der Waals surface area contributed by atoms with Gasteiger partial charge in [-0.15, -0.1) is 11.3 Å². The van der Waals surface area contributed by atoms with Crippen LogP contribution in [0.3, 0.4) is 0 Å². The summed E-state index contributed by atoms with van der Waals surface area (Å²) in [5, 5.41) is 2.11. The lowest BCUT2D eigenvalue weighted by atomic mass is 10.2. The van der Waals surface area contributed by atoms with E-state index in [1.165, 1.54) is 24.1 Å². The molecule has 0 bridgehead atoms. The van der Waals surface area contributed by atoms with Crippen molar-refractivity contribution >= 4 is 11.3 Å². The minimum Gasteiger partial charge on any atom is -0.381 e. The molecule has 0 aliphatic carbocycles. The molecule has 1 aromatic rings. The maximum absolute atomic E-state index is 5.56. The van der Waals surface area contributed by atoms with Crippen LogP contribution in [-0.2, 0) is 11.2 Å². The fraction of sp³-hybridized carbons (Fsp3) is 0.667. The largest absolute Gasteiger partial charge is 0.381 e. The highest BCUT2D eigenvalue weighted by Crippen LogP contribution is 2.09.